The summed E-state index contributed by atoms with van der Waals surface area (Å²) in [5.74, 6) is -1.03. The van der Waals surface area contributed by atoms with Crippen molar-refractivity contribution in [1.82, 2.24) is 9.80 Å². The summed E-state index contributed by atoms with van der Waals surface area (Å²) in [6.45, 7) is 1.52. The Balaban J connectivity index is 1.62. The molecule has 2 aromatic carbocycles. The van der Waals surface area contributed by atoms with Crippen molar-refractivity contribution in [3.63, 3.8) is 0 Å². The van der Waals surface area contributed by atoms with Crippen LogP contribution in [0.15, 0.2) is 48.5 Å². The lowest BCUT2D eigenvalue weighted by Crippen LogP contribution is -2.34. The van der Waals surface area contributed by atoms with Crippen LogP contribution in [0.2, 0.25) is 0 Å². The molecule has 1 saturated heterocycles. The molecule has 1 aliphatic heterocycles. The molecular weight excluding hydrogens is 378 g/mol. The van der Waals surface area contributed by atoms with Gasteiger partial charge in [-0.1, -0.05) is 12.1 Å². The van der Waals surface area contributed by atoms with E-state index in [4.69, 9.17) is 4.74 Å². The zero-order chi connectivity index (χ0) is 20.8. The fraction of sp³-hybridized carbons (Fsp3) is 0.273. The van der Waals surface area contributed by atoms with Gasteiger partial charge in [0.05, 0.1) is 7.11 Å². The highest BCUT2D eigenvalue weighted by Gasteiger charge is 2.23. The summed E-state index contributed by atoms with van der Waals surface area (Å²) in [6, 6.07) is 10.7. The standard InChI is InChI=1S/C22H22F2N2O3/c1-29-19-4-2-3-16(13-19)15-26-12-11-25(10-9-22(26)28)21(27)8-6-17-5-7-18(23)14-20(17)24/h2-8,13-14H,9-12,15H2,1H3. The molecule has 5 nitrogen and oxygen atoms in total. The van der Waals surface area contributed by atoms with E-state index in [1.807, 2.05) is 24.3 Å². The molecule has 0 bridgehead atoms. The van der Waals surface area contributed by atoms with Crippen LogP contribution in [0, 0.1) is 11.6 Å². The normalized spacial score (nSPS) is 14.9. The van der Waals surface area contributed by atoms with Gasteiger partial charge in [-0.25, -0.2) is 8.78 Å². The number of methoxy groups -OCH3 is 1. The Bertz CT molecular complexity index is 930. The van der Waals surface area contributed by atoms with Crippen LogP contribution in [-0.4, -0.2) is 48.4 Å². The molecule has 0 atom stereocenters. The van der Waals surface area contributed by atoms with Crippen LogP contribution in [-0.2, 0) is 16.1 Å². The second-order valence-electron chi connectivity index (χ2n) is 6.74. The van der Waals surface area contributed by atoms with Gasteiger partial charge in [0.15, 0.2) is 0 Å². The molecule has 7 heteroatoms. The van der Waals surface area contributed by atoms with Gasteiger partial charge in [0.25, 0.3) is 0 Å². The van der Waals surface area contributed by atoms with Crippen LogP contribution in [0.25, 0.3) is 6.08 Å². The highest BCUT2D eigenvalue weighted by molar-refractivity contribution is 5.92. The number of benzene rings is 2. The molecule has 0 saturated carbocycles. The molecular formula is C22H22F2N2O3. The smallest absolute Gasteiger partial charge is 0.246 e. The van der Waals surface area contributed by atoms with Gasteiger partial charge in [-0.15, -0.1) is 0 Å². The summed E-state index contributed by atoms with van der Waals surface area (Å²) in [4.78, 5) is 28.2. The predicted molar refractivity (Wildman–Crippen MR) is 105 cm³/mol. The Kier molecular flexibility index (Phi) is 6.59. The maximum atomic E-state index is 13.7. The lowest BCUT2D eigenvalue weighted by atomic mass is 10.2. The first kappa shape index (κ1) is 20.5. The van der Waals surface area contributed by atoms with Crippen molar-refractivity contribution >= 4 is 17.9 Å². The van der Waals surface area contributed by atoms with Crippen molar-refractivity contribution in [3.8, 4) is 5.75 Å². The molecule has 0 unspecified atom stereocenters. The van der Waals surface area contributed by atoms with Crippen LogP contribution in [0.4, 0.5) is 8.78 Å². The average molecular weight is 400 g/mol. The van der Waals surface area contributed by atoms with Gasteiger partial charge >= 0.3 is 0 Å². The molecule has 0 radical (unpaired) electrons. The summed E-state index contributed by atoms with van der Waals surface area (Å²) in [7, 11) is 1.59. The average Bonchev–Trinajstić information content (AvgIpc) is 2.89. The predicted octanol–water partition coefficient (Wildman–Crippen LogP) is 3.25. The lowest BCUT2D eigenvalue weighted by Gasteiger charge is -2.22. The van der Waals surface area contributed by atoms with E-state index in [-0.39, 0.29) is 23.8 Å². The molecule has 1 fully saturated rings. The Hall–Kier alpha value is -3.22. The lowest BCUT2D eigenvalue weighted by molar-refractivity contribution is -0.130. The molecule has 0 N–H and O–H groups in total. The van der Waals surface area contributed by atoms with E-state index >= 15 is 0 Å². The SMILES string of the molecule is COc1cccc(CN2CCN(C(=O)C=Cc3ccc(F)cc3F)CCC2=O)c1. The van der Waals surface area contributed by atoms with Crippen LogP contribution in [0.1, 0.15) is 17.5 Å². The van der Waals surface area contributed by atoms with E-state index in [1.54, 1.807) is 16.9 Å². The number of ether oxygens (including phenoxy) is 1. The molecule has 0 aliphatic carbocycles. The number of hydrogen-bond donors (Lipinski definition) is 0. The fourth-order valence-electron chi connectivity index (χ4n) is 3.15. The first-order valence-corrected chi connectivity index (χ1v) is 9.29. The molecule has 0 aromatic heterocycles. The van der Waals surface area contributed by atoms with Gasteiger partial charge in [0.2, 0.25) is 11.8 Å². The van der Waals surface area contributed by atoms with Gasteiger partial charge in [-0.2, -0.15) is 0 Å². The highest BCUT2D eigenvalue weighted by atomic mass is 19.1. The van der Waals surface area contributed by atoms with Crippen molar-refractivity contribution < 1.29 is 23.1 Å². The van der Waals surface area contributed by atoms with Crippen LogP contribution in [0.3, 0.4) is 0 Å². The number of nitrogens with zero attached hydrogens (tertiary/aromatic N) is 2. The molecule has 2 aromatic rings. The minimum absolute atomic E-state index is 0.0309. The minimum atomic E-state index is -0.732. The van der Waals surface area contributed by atoms with Gasteiger partial charge in [0, 0.05) is 50.3 Å². The van der Waals surface area contributed by atoms with Crippen LogP contribution in [0.5, 0.6) is 5.75 Å². The van der Waals surface area contributed by atoms with Crippen molar-refractivity contribution in [1.29, 1.82) is 0 Å². The summed E-state index contributed by atoms with van der Waals surface area (Å²) >= 11 is 0. The third kappa shape index (κ3) is 5.40. The van der Waals surface area contributed by atoms with Gasteiger partial charge in [0.1, 0.15) is 17.4 Å². The number of carbonyl (C=O) groups is 2. The Morgan fingerprint density at radius 1 is 1.14 bits per heavy atom. The number of halogens is 2. The van der Waals surface area contributed by atoms with Crippen LogP contribution < -0.4 is 4.74 Å². The van der Waals surface area contributed by atoms with Crippen LogP contribution >= 0.6 is 0 Å². The number of rotatable bonds is 5. The molecule has 29 heavy (non-hydrogen) atoms. The third-order valence-electron chi connectivity index (χ3n) is 4.78. The maximum Gasteiger partial charge on any atom is 0.246 e. The first-order valence-electron chi connectivity index (χ1n) is 9.29. The molecule has 1 heterocycles. The quantitative estimate of drug-likeness (QED) is 0.724. The number of carbonyl (C=O) groups excluding carboxylic acids is 2. The monoisotopic (exact) mass is 400 g/mol. The Morgan fingerprint density at radius 3 is 2.72 bits per heavy atom. The summed E-state index contributed by atoms with van der Waals surface area (Å²) < 4.78 is 31.9. The number of hydrogen-bond acceptors (Lipinski definition) is 3. The zero-order valence-corrected chi connectivity index (χ0v) is 16.1. The van der Waals surface area contributed by atoms with Crippen molar-refractivity contribution in [2.24, 2.45) is 0 Å². The maximum absolute atomic E-state index is 13.7. The second-order valence-corrected chi connectivity index (χ2v) is 6.74. The molecule has 0 spiro atoms. The van der Waals surface area contributed by atoms with Gasteiger partial charge < -0.3 is 14.5 Å². The van der Waals surface area contributed by atoms with Gasteiger partial charge in [-0.3, -0.25) is 9.59 Å². The second kappa shape index (κ2) is 9.32. The van der Waals surface area contributed by atoms with E-state index in [0.717, 1.165) is 23.4 Å². The van der Waals surface area contributed by atoms with Crippen molar-refractivity contribution in [2.45, 2.75) is 13.0 Å². The van der Waals surface area contributed by atoms with Crippen molar-refractivity contribution in [3.05, 3.63) is 71.3 Å². The highest BCUT2D eigenvalue weighted by Crippen LogP contribution is 2.16. The van der Waals surface area contributed by atoms with E-state index < -0.39 is 11.6 Å². The number of amides is 2. The summed E-state index contributed by atoms with van der Waals surface area (Å²) in [6.07, 6.45) is 2.78. The summed E-state index contributed by atoms with van der Waals surface area (Å²) in [5, 5.41) is 0. The topological polar surface area (TPSA) is 49.9 Å². The largest absolute Gasteiger partial charge is 0.497 e. The Labute approximate surface area is 168 Å². The Morgan fingerprint density at radius 2 is 1.97 bits per heavy atom. The molecule has 152 valence electrons. The fourth-order valence-corrected chi connectivity index (χ4v) is 3.15. The van der Waals surface area contributed by atoms with Crippen molar-refractivity contribution in [2.75, 3.05) is 26.7 Å². The van der Waals surface area contributed by atoms with E-state index in [2.05, 4.69) is 0 Å². The molecule has 3 rings (SSSR count). The van der Waals surface area contributed by atoms with E-state index in [0.29, 0.717) is 26.2 Å². The first-order chi connectivity index (χ1) is 14.0. The van der Waals surface area contributed by atoms with E-state index in [1.165, 1.54) is 18.2 Å². The molecule has 2 amide bonds. The third-order valence-corrected chi connectivity index (χ3v) is 4.78. The zero-order valence-electron chi connectivity index (χ0n) is 16.1. The van der Waals surface area contributed by atoms with E-state index in [9.17, 15) is 18.4 Å². The van der Waals surface area contributed by atoms with Gasteiger partial charge in [-0.05, 0) is 35.9 Å². The minimum Gasteiger partial charge on any atom is -0.497 e. The molecule has 1 aliphatic rings. The summed E-state index contributed by atoms with van der Waals surface area (Å²) in [5.41, 5.74) is 1.08.